The Morgan fingerprint density at radius 3 is 2.05 bits per heavy atom. The number of nitrogens with one attached hydrogen (secondary N) is 1. The Hall–Kier alpha value is -0.120. The third kappa shape index (κ3) is 10.3. The number of halogens is 1. The second-order valence-corrected chi connectivity index (χ2v) is 6.85. The Bertz CT molecular complexity index is 302. The maximum Gasteiger partial charge on any atom is 0.407 e. The van der Waals surface area contributed by atoms with E-state index in [0.717, 1.165) is 0 Å². The van der Waals surface area contributed by atoms with Gasteiger partial charge in [-0.05, 0) is 27.7 Å². The second-order valence-electron chi connectivity index (χ2n) is 6.09. The Kier molecular flexibility index (Phi) is 9.75. The standard InChI is InChI=1S/C14H28INO5/c1-13(2,3)21-12(17)16-10-14(4,9-15)20-11(7-18-5)8-19-6/h11H,7-10H2,1-6H3,(H,16,17). The molecule has 0 saturated heterocycles. The fraction of sp³-hybridized carbons (Fsp3) is 0.929. The lowest BCUT2D eigenvalue weighted by Crippen LogP contribution is -2.48. The lowest BCUT2D eigenvalue weighted by molar-refractivity contribution is -0.113. The van der Waals surface area contributed by atoms with Gasteiger partial charge in [-0.1, -0.05) is 22.6 Å². The molecule has 0 heterocycles. The van der Waals surface area contributed by atoms with E-state index in [1.165, 1.54) is 0 Å². The Labute approximate surface area is 141 Å². The van der Waals surface area contributed by atoms with Gasteiger partial charge in [0.15, 0.2) is 0 Å². The molecule has 1 amide bonds. The van der Waals surface area contributed by atoms with Crippen LogP contribution in [0.25, 0.3) is 0 Å². The number of amides is 1. The number of alkyl halides is 1. The molecule has 0 spiro atoms. The number of ether oxygens (including phenoxy) is 4. The number of methoxy groups -OCH3 is 2. The van der Waals surface area contributed by atoms with Crippen molar-refractivity contribution in [3.8, 4) is 0 Å². The van der Waals surface area contributed by atoms with Crippen molar-refractivity contribution >= 4 is 28.7 Å². The first-order valence-electron chi connectivity index (χ1n) is 6.84. The fourth-order valence-electron chi connectivity index (χ4n) is 1.58. The maximum atomic E-state index is 11.7. The van der Waals surface area contributed by atoms with Crippen molar-refractivity contribution < 1.29 is 23.7 Å². The van der Waals surface area contributed by atoms with Gasteiger partial charge < -0.3 is 24.3 Å². The molecule has 0 aliphatic heterocycles. The molecule has 21 heavy (non-hydrogen) atoms. The number of carbonyl (C=O) groups excluding carboxylic acids is 1. The summed E-state index contributed by atoms with van der Waals surface area (Å²) < 4.78 is 22.2. The van der Waals surface area contributed by atoms with Gasteiger partial charge in [0.1, 0.15) is 11.7 Å². The van der Waals surface area contributed by atoms with Gasteiger partial charge in [-0.15, -0.1) is 0 Å². The van der Waals surface area contributed by atoms with Crippen LogP contribution in [0.5, 0.6) is 0 Å². The summed E-state index contributed by atoms with van der Waals surface area (Å²) in [6.07, 6.45) is -0.627. The highest BCUT2D eigenvalue weighted by atomic mass is 127. The SMILES string of the molecule is COCC(COC)OC(C)(CI)CNC(=O)OC(C)(C)C. The van der Waals surface area contributed by atoms with Crippen molar-refractivity contribution in [3.05, 3.63) is 0 Å². The Morgan fingerprint density at radius 2 is 1.67 bits per heavy atom. The summed E-state index contributed by atoms with van der Waals surface area (Å²) in [5.41, 5.74) is -1.03. The Morgan fingerprint density at radius 1 is 1.14 bits per heavy atom. The highest BCUT2D eigenvalue weighted by molar-refractivity contribution is 14.1. The van der Waals surface area contributed by atoms with Gasteiger partial charge in [0.25, 0.3) is 0 Å². The van der Waals surface area contributed by atoms with E-state index in [9.17, 15) is 4.79 Å². The summed E-state index contributed by atoms with van der Waals surface area (Å²) in [7, 11) is 3.23. The van der Waals surface area contributed by atoms with Crippen LogP contribution in [0.1, 0.15) is 27.7 Å². The average molecular weight is 417 g/mol. The highest BCUT2D eigenvalue weighted by Crippen LogP contribution is 2.17. The monoisotopic (exact) mass is 417 g/mol. The molecule has 1 atom stereocenters. The van der Waals surface area contributed by atoms with Crippen LogP contribution < -0.4 is 5.32 Å². The fourth-order valence-corrected chi connectivity index (χ4v) is 2.03. The zero-order chi connectivity index (χ0) is 16.5. The molecule has 6 nitrogen and oxygen atoms in total. The molecular formula is C14H28INO5. The average Bonchev–Trinajstić information content (AvgIpc) is 2.35. The van der Waals surface area contributed by atoms with Gasteiger partial charge in [-0.2, -0.15) is 0 Å². The zero-order valence-electron chi connectivity index (χ0n) is 13.8. The molecule has 1 N–H and O–H groups in total. The Balaban J connectivity index is 4.47. The minimum atomic E-state index is -0.515. The molecule has 0 aromatic carbocycles. The number of alkyl carbamates (subject to hydrolysis) is 1. The van der Waals surface area contributed by atoms with Crippen molar-refractivity contribution in [2.45, 2.75) is 45.0 Å². The summed E-state index contributed by atoms with van der Waals surface area (Å²) in [4.78, 5) is 11.7. The smallest absolute Gasteiger partial charge is 0.407 e. The van der Waals surface area contributed by atoms with Crippen molar-refractivity contribution in [2.24, 2.45) is 0 Å². The van der Waals surface area contributed by atoms with Gasteiger partial charge in [0.05, 0.1) is 25.4 Å². The molecule has 0 saturated carbocycles. The number of hydrogen-bond donors (Lipinski definition) is 1. The molecule has 0 aromatic rings. The van der Waals surface area contributed by atoms with Gasteiger partial charge in [-0.3, -0.25) is 0 Å². The van der Waals surface area contributed by atoms with Crippen LogP contribution in [0.3, 0.4) is 0 Å². The predicted octanol–water partition coefficient (Wildman–Crippen LogP) is 2.38. The summed E-state index contributed by atoms with van der Waals surface area (Å²) in [6.45, 7) is 8.65. The lowest BCUT2D eigenvalue weighted by Gasteiger charge is -2.33. The van der Waals surface area contributed by atoms with Crippen molar-refractivity contribution in [3.63, 3.8) is 0 Å². The normalized spacial score (nSPS) is 14.9. The summed E-state index contributed by atoms with van der Waals surface area (Å²) in [6, 6.07) is 0. The topological polar surface area (TPSA) is 66.0 Å². The van der Waals surface area contributed by atoms with E-state index in [-0.39, 0.29) is 6.10 Å². The molecule has 0 aromatic heterocycles. The largest absolute Gasteiger partial charge is 0.444 e. The van der Waals surface area contributed by atoms with Gasteiger partial charge in [-0.25, -0.2) is 4.79 Å². The van der Waals surface area contributed by atoms with E-state index >= 15 is 0 Å². The summed E-state index contributed by atoms with van der Waals surface area (Å²) in [5, 5.41) is 2.75. The molecule has 0 aliphatic rings. The molecule has 7 heteroatoms. The van der Waals surface area contributed by atoms with Gasteiger partial charge >= 0.3 is 6.09 Å². The first-order chi connectivity index (χ1) is 9.65. The first-order valence-corrected chi connectivity index (χ1v) is 8.37. The molecule has 0 rings (SSSR count). The molecule has 0 radical (unpaired) electrons. The highest BCUT2D eigenvalue weighted by Gasteiger charge is 2.29. The van der Waals surface area contributed by atoms with Crippen molar-refractivity contribution in [1.29, 1.82) is 0 Å². The quantitative estimate of drug-likeness (QED) is 0.461. The van der Waals surface area contributed by atoms with Crippen LogP contribution in [0, 0.1) is 0 Å². The van der Waals surface area contributed by atoms with Crippen molar-refractivity contribution in [1.82, 2.24) is 5.32 Å². The van der Waals surface area contributed by atoms with E-state index < -0.39 is 17.3 Å². The molecule has 0 aliphatic carbocycles. The van der Waals surface area contributed by atoms with Crippen LogP contribution in [0.4, 0.5) is 4.79 Å². The van der Waals surface area contributed by atoms with Gasteiger partial charge in [0, 0.05) is 18.6 Å². The van der Waals surface area contributed by atoms with E-state index in [2.05, 4.69) is 27.9 Å². The summed E-state index contributed by atoms with van der Waals surface area (Å²) in [5.74, 6) is 0. The van der Waals surface area contributed by atoms with Gasteiger partial charge in [0.2, 0.25) is 0 Å². The van der Waals surface area contributed by atoms with Crippen LogP contribution in [-0.2, 0) is 18.9 Å². The number of rotatable bonds is 9. The van der Waals surface area contributed by atoms with Crippen LogP contribution in [0.2, 0.25) is 0 Å². The second kappa shape index (κ2) is 9.81. The van der Waals surface area contributed by atoms with E-state index in [1.54, 1.807) is 14.2 Å². The third-order valence-electron chi connectivity index (χ3n) is 2.44. The minimum Gasteiger partial charge on any atom is -0.444 e. The number of hydrogen-bond acceptors (Lipinski definition) is 5. The van der Waals surface area contributed by atoms with Crippen LogP contribution in [-0.4, -0.2) is 61.8 Å². The van der Waals surface area contributed by atoms with E-state index in [4.69, 9.17) is 18.9 Å². The van der Waals surface area contributed by atoms with Crippen LogP contribution in [0.15, 0.2) is 0 Å². The third-order valence-corrected chi connectivity index (χ3v) is 4.06. The molecule has 126 valence electrons. The molecule has 0 fully saturated rings. The lowest BCUT2D eigenvalue weighted by atomic mass is 10.1. The summed E-state index contributed by atoms with van der Waals surface area (Å²) >= 11 is 2.23. The van der Waals surface area contributed by atoms with Crippen LogP contribution >= 0.6 is 22.6 Å². The minimum absolute atomic E-state index is 0.180. The maximum absolute atomic E-state index is 11.7. The molecule has 0 bridgehead atoms. The molecular weight excluding hydrogens is 389 g/mol. The van der Waals surface area contributed by atoms with E-state index in [0.29, 0.717) is 24.2 Å². The number of carbonyl (C=O) groups is 1. The zero-order valence-corrected chi connectivity index (χ0v) is 16.0. The van der Waals surface area contributed by atoms with E-state index in [1.807, 2.05) is 27.7 Å². The molecule has 1 unspecified atom stereocenters. The van der Waals surface area contributed by atoms with Crippen molar-refractivity contribution in [2.75, 3.05) is 38.4 Å². The predicted molar refractivity (Wildman–Crippen MR) is 90.2 cm³/mol. The first kappa shape index (κ1) is 20.9.